The third-order valence-corrected chi connectivity index (χ3v) is 3.20. The number of fused-ring (bicyclic) bond motifs is 1. The minimum absolute atomic E-state index is 0.103. The lowest BCUT2D eigenvalue weighted by atomic mass is 9.98. The van der Waals surface area contributed by atoms with E-state index in [4.69, 9.17) is 5.11 Å². The van der Waals surface area contributed by atoms with E-state index in [1.54, 1.807) is 11.9 Å². The highest BCUT2D eigenvalue weighted by Crippen LogP contribution is 2.31. The number of carbonyl (C=O) groups excluding carboxylic acids is 1. The first-order chi connectivity index (χ1) is 8.49. The van der Waals surface area contributed by atoms with E-state index < -0.39 is 5.97 Å². The normalized spacial score (nSPS) is 14.3. The molecule has 1 heterocycles. The summed E-state index contributed by atoms with van der Waals surface area (Å²) >= 11 is 0. The number of nitrogens with zero attached hydrogens (tertiary/aromatic N) is 1. The van der Waals surface area contributed by atoms with Crippen LogP contribution in [0.5, 0.6) is 0 Å². The Kier molecular flexibility index (Phi) is 3.23. The van der Waals surface area contributed by atoms with Crippen molar-refractivity contribution < 1.29 is 14.7 Å². The zero-order valence-corrected chi connectivity index (χ0v) is 10.5. The minimum atomic E-state index is -0.889. The molecule has 0 saturated carbocycles. The largest absolute Gasteiger partial charge is 0.480 e. The van der Waals surface area contributed by atoms with Gasteiger partial charge in [-0.1, -0.05) is 0 Å². The number of hydrogen-bond donors (Lipinski definition) is 2. The van der Waals surface area contributed by atoms with Crippen LogP contribution in [-0.2, 0) is 16.0 Å². The summed E-state index contributed by atoms with van der Waals surface area (Å²) in [5.41, 5.74) is 3.76. The molecule has 0 spiro atoms. The van der Waals surface area contributed by atoms with Crippen LogP contribution in [0.15, 0.2) is 12.1 Å². The highest BCUT2D eigenvalue weighted by molar-refractivity contribution is 5.96. The number of carboxylic acids is 1. The van der Waals surface area contributed by atoms with Gasteiger partial charge in [0, 0.05) is 24.8 Å². The molecule has 1 aliphatic heterocycles. The van der Waals surface area contributed by atoms with Crippen LogP contribution < -0.4 is 10.2 Å². The van der Waals surface area contributed by atoms with Crippen molar-refractivity contribution in [3.8, 4) is 0 Å². The van der Waals surface area contributed by atoms with Gasteiger partial charge in [-0.15, -0.1) is 0 Å². The second-order valence-electron chi connectivity index (χ2n) is 4.50. The molecule has 2 rings (SSSR count). The first kappa shape index (κ1) is 12.4. The summed E-state index contributed by atoms with van der Waals surface area (Å²) < 4.78 is 0. The quantitative estimate of drug-likeness (QED) is 0.848. The van der Waals surface area contributed by atoms with E-state index in [2.05, 4.69) is 5.32 Å². The van der Waals surface area contributed by atoms with Crippen LogP contribution in [0.3, 0.4) is 0 Å². The van der Waals surface area contributed by atoms with E-state index in [1.807, 2.05) is 19.1 Å². The van der Waals surface area contributed by atoms with E-state index in [-0.39, 0.29) is 12.5 Å². The van der Waals surface area contributed by atoms with Crippen molar-refractivity contribution in [2.75, 3.05) is 23.8 Å². The van der Waals surface area contributed by atoms with E-state index in [9.17, 15) is 9.59 Å². The number of aliphatic carboxylic acids is 1. The maximum atomic E-state index is 11.6. The number of carbonyl (C=O) groups is 2. The Morgan fingerprint density at radius 2 is 2.17 bits per heavy atom. The summed E-state index contributed by atoms with van der Waals surface area (Å²) in [4.78, 5) is 23.8. The molecule has 0 bridgehead atoms. The molecule has 0 unspecified atom stereocenters. The van der Waals surface area contributed by atoms with Gasteiger partial charge in [-0.05, 0) is 36.6 Å². The van der Waals surface area contributed by atoms with Gasteiger partial charge in [0.15, 0.2) is 0 Å². The number of aryl methyl sites for hydroxylation is 2. The fourth-order valence-electron chi connectivity index (χ4n) is 2.15. The highest BCUT2D eigenvalue weighted by atomic mass is 16.4. The summed E-state index contributed by atoms with van der Waals surface area (Å²) in [7, 11) is 1.77. The van der Waals surface area contributed by atoms with Gasteiger partial charge in [-0.2, -0.15) is 0 Å². The van der Waals surface area contributed by atoms with Gasteiger partial charge in [-0.3, -0.25) is 9.59 Å². The Bertz CT molecular complexity index is 511. The smallest absolute Gasteiger partial charge is 0.322 e. The number of nitrogens with one attached hydrogen (secondary N) is 1. The predicted octanol–water partition coefficient (Wildman–Crippen LogP) is 1.40. The topological polar surface area (TPSA) is 69.6 Å². The Labute approximate surface area is 105 Å². The monoisotopic (exact) mass is 248 g/mol. The molecule has 2 N–H and O–H groups in total. The summed E-state index contributed by atoms with van der Waals surface area (Å²) in [6.45, 7) is 1.80. The van der Waals surface area contributed by atoms with Crippen molar-refractivity contribution in [1.29, 1.82) is 0 Å². The second-order valence-corrected chi connectivity index (χ2v) is 4.50. The number of hydrogen-bond acceptors (Lipinski definition) is 3. The molecule has 0 saturated heterocycles. The zero-order chi connectivity index (χ0) is 13.3. The van der Waals surface area contributed by atoms with Gasteiger partial charge in [0.25, 0.3) is 0 Å². The molecular weight excluding hydrogens is 232 g/mol. The van der Waals surface area contributed by atoms with E-state index in [1.165, 1.54) is 0 Å². The summed E-state index contributed by atoms with van der Waals surface area (Å²) in [5, 5.41) is 11.6. The fraction of sp³-hybridized carbons (Fsp3) is 0.385. The van der Waals surface area contributed by atoms with Gasteiger partial charge < -0.3 is 15.3 Å². The highest BCUT2D eigenvalue weighted by Gasteiger charge is 2.21. The summed E-state index contributed by atoms with van der Waals surface area (Å²) in [6.07, 6.45) is 1.21. The van der Waals surface area contributed by atoms with Gasteiger partial charge in [-0.25, -0.2) is 0 Å². The van der Waals surface area contributed by atoms with Gasteiger partial charge in [0.2, 0.25) is 5.91 Å². The van der Waals surface area contributed by atoms with Crippen LogP contribution in [0.25, 0.3) is 0 Å². The molecule has 96 valence electrons. The first-order valence-electron chi connectivity index (χ1n) is 5.85. The molecule has 0 aliphatic carbocycles. The third kappa shape index (κ3) is 2.30. The van der Waals surface area contributed by atoms with Crippen LogP contribution in [0.2, 0.25) is 0 Å². The Morgan fingerprint density at radius 1 is 1.44 bits per heavy atom. The van der Waals surface area contributed by atoms with Crippen molar-refractivity contribution >= 4 is 23.3 Å². The Hall–Kier alpha value is -2.04. The zero-order valence-electron chi connectivity index (χ0n) is 10.5. The predicted molar refractivity (Wildman–Crippen MR) is 69.0 cm³/mol. The Morgan fingerprint density at radius 3 is 2.83 bits per heavy atom. The van der Waals surface area contributed by atoms with Crippen molar-refractivity contribution in [3.05, 3.63) is 23.3 Å². The maximum absolute atomic E-state index is 11.6. The van der Waals surface area contributed by atoms with Crippen LogP contribution in [0, 0.1) is 6.92 Å². The minimum Gasteiger partial charge on any atom is -0.480 e. The van der Waals surface area contributed by atoms with Gasteiger partial charge in [0.05, 0.1) is 0 Å². The fourth-order valence-corrected chi connectivity index (χ4v) is 2.15. The molecule has 5 nitrogen and oxygen atoms in total. The molecule has 1 amide bonds. The SMILES string of the molecule is Cc1cc2c(cc1NCC(=O)O)CCC(=O)N2C. The van der Waals surface area contributed by atoms with Crippen molar-refractivity contribution in [2.24, 2.45) is 0 Å². The summed E-state index contributed by atoms with van der Waals surface area (Å²) in [5.74, 6) is -0.771. The van der Waals surface area contributed by atoms with E-state index >= 15 is 0 Å². The molecule has 1 aliphatic rings. The average molecular weight is 248 g/mol. The maximum Gasteiger partial charge on any atom is 0.322 e. The van der Waals surface area contributed by atoms with Crippen molar-refractivity contribution in [1.82, 2.24) is 0 Å². The standard InChI is InChI=1S/C13H16N2O3/c1-8-5-11-9(3-4-12(16)15(11)2)6-10(8)14-7-13(17)18/h5-6,14H,3-4,7H2,1-2H3,(H,17,18). The molecule has 18 heavy (non-hydrogen) atoms. The molecule has 0 fully saturated rings. The lowest BCUT2D eigenvalue weighted by Crippen LogP contribution is -2.31. The van der Waals surface area contributed by atoms with Crippen molar-refractivity contribution in [2.45, 2.75) is 19.8 Å². The number of amides is 1. The lowest BCUT2D eigenvalue weighted by Gasteiger charge is -2.27. The van der Waals surface area contributed by atoms with Crippen molar-refractivity contribution in [3.63, 3.8) is 0 Å². The van der Waals surface area contributed by atoms with Crippen LogP contribution in [-0.4, -0.2) is 30.6 Å². The number of benzene rings is 1. The molecule has 1 aromatic rings. The van der Waals surface area contributed by atoms with Crippen LogP contribution >= 0.6 is 0 Å². The lowest BCUT2D eigenvalue weighted by molar-refractivity contribution is -0.135. The number of anilines is 2. The molecule has 5 heteroatoms. The second kappa shape index (κ2) is 4.68. The number of rotatable bonds is 3. The summed E-state index contributed by atoms with van der Waals surface area (Å²) in [6, 6.07) is 3.87. The molecule has 0 atom stereocenters. The van der Waals surface area contributed by atoms with Crippen LogP contribution in [0.4, 0.5) is 11.4 Å². The van der Waals surface area contributed by atoms with Crippen LogP contribution in [0.1, 0.15) is 17.5 Å². The van der Waals surface area contributed by atoms with E-state index in [0.717, 1.165) is 22.5 Å². The van der Waals surface area contributed by atoms with Gasteiger partial charge in [0.1, 0.15) is 6.54 Å². The molecular formula is C13H16N2O3. The first-order valence-corrected chi connectivity index (χ1v) is 5.85. The average Bonchev–Trinajstić information content (AvgIpc) is 2.32. The Balaban J connectivity index is 2.31. The van der Waals surface area contributed by atoms with Gasteiger partial charge >= 0.3 is 5.97 Å². The third-order valence-electron chi connectivity index (χ3n) is 3.20. The molecule has 0 aromatic heterocycles. The molecule has 0 radical (unpaired) electrons. The van der Waals surface area contributed by atoms with E-state index in [0.29, 0.717) is 12.8 Å². The number of carboxylic acid groups (broad SMARTS) is 1. The molecule has 1 aromatic carbocycles.